The van der Waals surface area contributed by atoms with Gasteiger partial charge in [-0.05, 0) is 0 Å². The molecule has 0 saturated heterocycles. The quantitative estimate of drug-likeness (QED) is 0.341. The van der Waals surface area contributed by atoms with Gasteiger partial charge in [0.1, 0.15) is 0 Å². The Bertz CT molecular complexity index is 19.2. The minimum absolute atomic E-state index is 2.66. The second kappa shape index (κ2) is 3.64. The second-order valence-corrected chi connectivity index (χ2v) is 0.623. The van der Waals surface area contributed by atoms with Gasteiger partial charge in [-0.2, -0.15) is 0 Å². The van der Waals surface area contributed by atoms with Gasteiger partial charge < -0.3 is 0 Å². The monoisotopic (exact) mass is 138 g/mol. The summed E-state index contributed by atoms with van der Waals surface area (Å²) in [6, 6.07) is 0. The van der Waals surface area contributed by atoms with Crippen LogP contribution in [-0.4, -0.2) is 0 Å². The van der Waals surface area contributed by atoms with E-state index in [1.807, 2.05) is 0 Å². The van der Waals surface area contributed by atoms with Gasteiger partial charge in [-0.15, -0.1) is 0 Å². The molecule has 0 rings (SSSR count). The van der Waals surface area contributed by atoms with E-state index in [2.05, 4.69) is 40.7 Å². The van der Waals surface area contributed by atoms with E-state index in [1.165, 1.54) is 0 Å². The predicted molar refractivity (Wildman–Crippen MR) is 4.86 cm³/mol. The van der Waals surface area contributed by atoms with Crippen LogP contribution in [0, 0.1) is 0 Å². The van der Waals surface area contributed by atoms with Crippen molar-refractivity contribution in [3.8, 4) is 0 Å². The van der Waals surface area contributed by atoms with Crippen LogP contribution >= 0.6 is 0 Å². The summed E-state index contributed by atoms with van der Waals surface area (Å²) >= 11 is 5.32. The Morgan fingerprint density at radius 2 is 1.25 bits per heavy atom. The molecule has 0 unspecified atom stereocenters. The third-order valence-electron chi connectivity index (χ3n) is 0.0286. The fourth-order valence-electron chi connectivity index (χ4n) is 0. The van der Waals surface area contributed by atoms with E-state index >= 15 is 0 Å². The molecule has 0 N–H and O–H groups in total. The van der Waals surface area contributed by atoms with Crippen molar-refractivity contribution in [3.63, 3.8) is 0 Å². The third kappa shape index (κ3) is 2.64. The van der Waals surface area contributed by atoms with Crippen LogP contribution in [0.15, 0.2) is 8.26 Å². The molecule has 2 nitrogen and oxygen atoms in total. The van der Waals surface area contributed by atoms with E-state index in [4.69, 9.17) is 0 Å². The van der Waals surface area contributed by atoms with Crippen LogP contribution in [0.2, 0.25) is 0 Å². The molecular weight excluding hydrogens is 138 g/mol. The third-order valence-corrected chi connectivity index (χ3v) is 0.486. The molecule has 0 heterocycles. The summed E-state index contributed by atoms with van der Waals surface area (Å²) in [6.45, 7) is 0. The molecule has 0 fully saturated rings. The molecule has 0 aromatic heterocycles. The van der Waals surface area contributed by atoms with Crippen molar-refractivity contribution >= 4 is 0 Å². The summed E-state index contributed by atoms with van der Waals surface area (Å²) in [7, 11) is 0. The van der Waals surface area contributed by atoms with Gasteiger partial charge in [0.2, 0.25) is 0 Å². The summed E-state index contributed by atoms with van der Waals surface area (Å²) in [5.41, 5.74) is 0. The van der Waals surface area contributed by atoms with Crippen molar-refractivity contribution in [2.75, 3.05) is 0 Å². The van der Waals surface area contributed by atoms with Gasteiger partial charge in [0.05, 0.1) is 0 Å². The van der Waals surface area contributed by atoms with Crippen molar-refractivity contribution < 1.29 is 32.5 Å². The number of hydrogen-bond donors (Lipinski definition) is 0. The number of rotatable bonds is 0. The molecule has 0 aromatic carbocycles. The molecule has 0 spiro atoms. The first kappa shape index (κ1) is 4.64. The molecule has 0 bridgehead atoms. The zero-order valence-electron chi connectivity index (χ0n) is 1.65. The zero-order chi connectivity index (χ0) is 3.41. The second-order valence-electron chi connectivity index (χ2n) is 0.151. The Hall–Kier alpha value is 0.639. The fourth-order valence-corrected chi connectivity index (χ4v) is 0. The van der Waals surface area contributed by atoms with Crippen molar-refractivity contribution in [3.05, 3.63) is 0 Å². The van der Waals surface area contributed by atoms with E-state index in [9.17, 15) is 0 Å². The van der Waals surface area contributed by atoms with Gasteiger partial charge in [0.25, 0.3) is 0 Å². The molecule has 0 amide bonds. The van der Waals surface area contributed by atoms with Crippen molar-refractivity contribution in [2.24, 2.45) is 8.26 Å². The van der Waals surface area contributed by atoms with E-state index in [0.29, 0.717) is 0 Å². The molecule has 0 saturated carbocycles. The molecule has 0 aliphatic carbocycles. The summed E-state index contributed by atoms with van der Waals surface area (Å²) in [5, 5.41) is 0. The van der Waals surface area contributed by atoms with Gasteiger partial charge in [0.15, 0.2) is 0 Å². The van der Waals surface area contributed by atoms with Gasteiger partial charge in [-0.25, -0.2) is 0 Å². The van der Waals surface area contributed by atoms with Crippen molar-refractivity contribution in [1.29, 1.82) is 0 Å². The van der Waals surface area contributed by atoms with Crippen LogP contribution in [0.4, 0.5) is 0 Å². The van der Waals surface area contributed by atoms with Crippen LogP contribution in [0.25, 0.3) is 0 Å². The van der Waals surface area contributed by atoms with Gasteiger partial charge in [0, 0.05) is 0 Å². The van der Waals surface area contributed by atoms with Crippen LogP contribution in [0.5, 0.6) is 0 Å². The molecule has 0 aromatic rings. The molecule has 4 heavy (non-hydrogen) atoms. The molecular formula is Mn2N2. The molecule has 24 valence electrons. The number of hydrogen-bond acceptors (Lipinski definition) is 2. The van der Waals surface area contributed by atoms with Crippen LogP contribution < -0.4 is 0 Å². The molecule has 0 aliphatic heterocycles. The minimum atomic E-state index is 2.66. The SMILES string of the molecule is [Mn][N]=[N][Mn]. The maximum absolute atomic E-state index is 3.09. The summed E-state index contributed by atoms with van der Waals surface area (Å²) in [6.07, 6.45) is 0. The predicted octanol–water partition coefficient (Wildman–Crippen LogP) is 0.362. The normalized spacial score (nSPS) is 9.50. The summed E-state index contributed by atoms with van der Waals surface area (Å²) in [5.74, 6) is 0. The summed E-state index contributed by atoms with van der Waals surface area (Å²) in [4.78, 5) is 0. The molecule has 0 aliphatic rings. The molecule has 0 atom stereocenters. The average Bonchev–Trinajstić information content (AvgIpc) is 1.37. The first-order valence-electron chi connectivity index (χ1n) is 0.538. The average molecular weight is 138 g/mol. The number of nitrogens with zero attached hydrogens (tertiary/aromatic N) is 2. The van der Waals surface area contributed by atoms with Gasteiger partial charge >= 0.3 is 40.7 Å². The topological polar surface area (TPSA) is 24.7 Å². The van der Waals surface area contributed by atoms with E-state index in [0.717, 1.165) is 0 Å². The van der Waals surface area contributed by atoms with E-state index in [-0.39, 0.29) is 0 Å². The van der Waals surface area contributed by atoms with Crippen LogP contribution in [0.3, 0.4) is 0 Å². The fraction of sp³-hybridized carbons (Fsp3) is 0. The van der Waals surface area contributed by atoms with Crippen LogP contribution in [0.1, 0.15) is 0 Å². The Kier molecular flexibility index (Phi) is 4.22. The first-order chi connectivity index (χ1) is 1.91. The van der Waals surface area contributed by atoms with Crippen molar-refractivity contribution in [2.45, 2.75) is 0 Å². The Balaban J connectivity index is 2.55. The Morgan fingerprint density at radius 3 is 1.25 bits per heavy atom. The molecule has 0 radical (unpaired) electrons. The zero-order valence-corrected chi connectivity index (χ0v) is 4.01. The van der Waals surface area contributed by atoms with Gasteiger partial charge in [-0.3, -0.25) is 0 Å². The first-order valence-corrected chi connectivity index (χ1v) is 1.59. The standard InChI is InChI=1S/2Mn.N2/c;;1-2/q2*+1;-2. The van der Waals surface area contributed by atoms with E-state index < -0.39 is 0 Å². The molecule has 4 heteroatoms. The van der Waals surface area contributed by atoms with Crippen LogP contribution in [-0.2, 0) is 32.5 Å². The van der Waals surface area contributed by atoms with Gasteiger partial charge in [-0.1, -0.05) is 0 Å². The van der Waals surface area contributed by atoms with Crippen molar-refractivity contribution in [1.82, 2.24) is 0 Å². The Morgan fingerprint density at radius 1 is 1.00 bits per heavy atom. The summed E-state index contributed by atoms with van der Waals surface area (Å²) < 4.78 is 6.18. The maximum atomic E-state index is 3.09. The van der Waals surface area contributed by atoms with E-state index in [1.54, 1.807) is 0 Å². The Labute approximate surface area is 41.1 Å².